The van der Waals surface area contributed by atoms with Gasteiger partial charge in [0, 0.05) is 11.8 Å². The standard InChI is InChI=1S/C21H20O7/c1-22-17-5-12(6-18-21(17)28-10-27-18)20-14-8-23-19(13(14)7-24-20)11-2-3-15-16(4-11)26-9-25-15/h2-6,13-14,19-20H,7-10H2,1H3/t13-,14-,19-,20+/m0/s1. The third-order valence-electron chi connectivity index (χ3n) is 6.00. The summed E-state index contributed by atoms with van der Waals surface area (Å²) in [6, 6.07) is 9.99. The molecule has 6 rings (SSSR count). The van der Waals surface area contributed by atoms with Crippen LogP contribution in [-0.2, 0) is 9.47 Å². The lowest BCUT2D eigenvalue weighted by atomic mass is 9.85. The molecule has 0 radical (unpaired) electrons. The maximum Gasteiger partial charge on any atom is 0.231 e. The fraction of sp³-hybridized carbons (Fsp3) is 0.429. The van der Waals surface area contributed by atoms with Crippen molar-refractivity contribution in [2.45, 2.75) is 12.2 Å². The van der Waals surface area contributed by atoms with Crippen LogP contribution < -0.4 is 23.7 Å². The quantitative estimate of drug-likeness (QED) is 0.805. The topological polar surface area (TPSA) is 64.6 Å². The van der Waals surface area contributed by atoms with Gasteiger partial charge in [-0.05, 0) is 35.4 Å². The van der Waals surface area contributed by atoms with Crippen molar-refractivity contribution in [2.75, 3.05) is 33.9 Å². The average Bonchev–Trinajstić information content (AvgIpc) is 3.49. The lowest BCUT2D eigenvalue weighted by molar-refractivity contribution is 0.0191. The van der Waals surface area contributed by atoms with Crippen LogP contribution in [0.5, 0.6) is 28.7 Å². The van der Waals surface area contributed by atoms with Gasteiger partial charge in [0.15, 0.2) is 23.0 Å². The molecule has 0 N–H and O–H groups in total. The van der Waals surface area contributed by atoms with Crippen molar-refractivity contribution in [3.05, 3.63) is 41.5 Å². The van der Waals surface area contributed by atoms with Gasteiger partial charge in [0.2, 0.25) is 19.3 Å². The summed E-state index contributed by atoms with van der Waals surface area (Å²) in [6.45, 7) is 1.77. The molecule has 4 heterocycles. The van der Waals surface area contributed by atoms with Crippen LogP contribution in [0.2, 0.25) is 0 Å². The van der Waals surface area contributed by atoms with E-state index in [2.05, 4.69) is 6.07 Å². The summed E-state index contributed by atoms with van der Waals surface area (Å²) in [6.07, 6.45) is -0.0761. The van der Waals surface area contributed by atoms with Gasteiger partial charge in [-0.15, -0.1) is 0 Å². The summed E-state index contributed by atoms with van der Waals surface area (Å²) in [5.74, 6) is 4.13. The first-order valence-electron chi connectivity index (χ1n) is 9.42. The summed E-state index contributed by atoms with van der Waals surface area (Å²) in [4.78, 5) is 0. The van der Waals surface area contributed by atoms with Crippen LogP contribution in [0.25, 0.3) is 0 Å². The summed E-state index contributed by atoms with van der Waals surface area (Å²) in [7, 11) is 1.63. The minimum absolute atomic E-state index is 0.0135. The van der Waals surface area contributed by atoms with Crippen LogP contribution >= 0.6 is 0 Å². The predicted molar refractivity (Wildman–Crippen MR) is 96.0 cm³/mol. The van der Waals surface area contributed by atoms with Gasteiger partial charge in [-0.25, -0.2) is 0 Å². The Kier molecular flexibility index (Phi) is 3.61. The normalized spacial score (nSPS) is 29.2. The molecule has 4 aliphatic heterocycles. The van der Waals surface area contributed by atoms with E-state index in [0.717, 1.165) is 22.6 Å². The molecular formula is C21H20O7. The smallest absolute Gasteiger partial charge is 0.231 e. The van der Waals surface area contributed by atoms with E-state index in [9.17, 15) is 0 Å². The third kappa shape index (κ3) is 2.36. The molecule has 0 bridgehead atoms. The van der Waals surface area contributed by atoms with Crippen LogP contribution in [0.4, 0.5) is 0 Å². The maximum atomic E-state index is 6.22. The second kappa shape index (κ2) is 6.18. The number of fused-ring (bicyclic) bond motifs is 3. The molecule has 0 saturated carbocycles. The zero-order chi connectivity index (χ0) is 18.7. The fourth-order valence-electron chi connectivity index (χ4n) is 4.64. The van der Waals surface area contributed by atoms with Crippen LogP contribution in [0.1, 0.15) is 23.3 Å². The first-order chi connectivity index (χ1) is 13.8. The van der Waals surface area contributed by atoms with Crippen molar-refractivity contribution < 1.29 is 33.2 Å². The molecule has 2 aromatic carbocycles. The van der Waals surface area contributed by atoms with E-state index in [4.69, 9.17) is 33.2 Å². The van der Waals surface area contributed by atoms with Gasteiger partial charge in [0.1, 0.15) is 0 Å². The molecule has 2 fully saturated rings. The molecule has 7 nitrogen and oxygen atoms in total. The van der Waals surface area contributed by atoms with Crippen molar-refractivity contribution in [3.8, 4) is 28.7 Å². The van der Waals surface area contributed by atoms with E-state index in [1.165, 1.54) is 0 Å². The molecule has 4 atom stereocenters. The molecule has 146 valence electrons. The van der Waals surface area contributed by atoms with Crippen LogP contribution in [0.15, 0.2) is 30.3 Å². The molecule has 4 aliphatic rings. The van der Waals surface area contributed by atoms with Gasteiger partial charge in [-0.2, -0.15) is 0 Å². The predicted octanol–water partition coefficient (Wildman–Crippen LogP) is 3.23. The zero-order valence-corrected chi connectivity index (χ0v) is 15.4. The second-order valence-electron chi connectivity index (χ2n) is 7.41. The Labute approximate surface area is 162 Å². The first-order valence-corrected chi connectivity index (χ1v) is 9.42. The van der Waals surface area contributed by atoms with Crippen molar-refractivity contribution in [3.63, 3.8) is 0 Å². The Morgan fingerprint density at radius 3 is 2.25 bits per heavy atom. The minimum Gasteiger partial charge on any atom is -0.493 e. The summed E-state index contributed by atoms with van der Waals surface area (Å²) in [5, 5.41) is 0. The molecular weight excluding hydrogens is 364 g/mol. The van der Waals surface area contributed by atoms with E-state index in [0.29, 0.717) is 30.5 Å². The highest BCUT2D eigenvalue weighted by Crippen LogP contribution is 2.53. The largest absolute Gasteiger partial charge is 0.493 e. The van der Waals surface area contributed by atoms with Crippen LogP contribution in [-0.4, -0.2) is 33.9 Å². The first kappa shape index (κ1) is 16.3. The summed E-state index contributed by atoms with van der Waals surface area (Å²) in [5.41, 5.74) is 2.13. The number of ether oxygens (including phenoxy) is 7. The molecule has 28 heavy (non-hydrogen) atoms. The van der Waals surface area contributed by atoms with E-state index in [1.54, 1.807) is 7.11 Å². The highest BCUT2D eigenvalue weighted by Gasteiger charge is 2.48. The van der Waals surface area contributed by atoms with Gasteiger partial charge in [0.05, 0.1) is 32.5 Å². The number of benzene rings is 2. The van der Waals surface area contributed by atoms with E-state index in [-0.39, 0.29) is 37.6 Å². The van der Waals surface area contributed by atoms with Crippen LogP contribution in [0.3, 0.4) is 0 Å². The van der Waals surface area contributed by atoms with Gasteiger partial charge in [-0.3, -0.25) is 0 Å². The zero-order valence-electron chi connectivity index (χ0n) is 15.4. The van der Waals surface area contributed by atoms with Gasteiger partial charge < -0.3 is 33.2 Å². The Hall–Kier alpha value is -2.64. The van der Waals surface area contributed by atoms with Crippen molar-refractivity contribution in [1.29, 1.82) is 0 Å². The van der Waals surface area contributed by atoms with Gasteiger partial charge in [-0.1, -0.05) is 6.07 Å². The highest BCUT2D eigenvalue weighted by atomic mass is 16.7. The Balaban J connectivity index is 1.28. The van der Waals surface area contributed by atoms with E-state index < -0.39 is 0 Å². The van der Waals surface area contributed by atoms with Crippen molar-refractivity contribution in [1.82, 2.24) is 0 Å². The van der Waals surface area contributed by atoms with Crippen molar-refractivity contribution in [2.24, 2.45) is 11.8 Å². The van der Waals surface area contributed by atoms with Gasteiger partial charge >= 0.3 is 0 Å². The minimum atomic E-state index is -0.0626. The maximum absolute atomic E-state index is 6.22. The van der Waals surface area contributed by atoms with Gasteiger partial charge in [0.25, 0.3) is 0 Å². The molecule has 7 heteroatoms. The Morgan fingerprint density at radius 2 is 1.43 bits per heavy atom. The fourth-order valence-corrected chi connectivity index (χ4v) is 4.64. The molecule has 0 unspecified atom stereocenters. The SMILES string of the molecule is COc1cc([C@H]2OC[C@H]3[C@@H]2CO[C@H]3c2ccc3c(c2)OCO3)cc2c1OCO2. The summed E-state index contributed by atoms with van der Waals surface area (Å²) < 4.78 is 39.9. The number of hydrogen-bond donors (Lipinski definition) is 0. The van der Waals surface area contributed by atoms with E-state index >= 15 is 0 Å². The van der Waals surface area contributed by atoms with Crippen molar-refractivity contribution >= 4 is 0 Å². The molecule has 0 amide bonds. The third-order valence-corrected chi connectivity index (χ3v) is 6.00. The Morgan fingerprint density at radius 1 is 0.750 bits per heavy atom. The molecule has 2 saturated heterocycles. The number of methoxy groups -OCH3 is 1. The molecule has 0 spiro atoms. The molecule has 0 aliphatic carbocycles. The molecule has 2 aromatic rings. The highest BCUT2D eigenvalue weighted by molar-refractivity contribution is 5.55. The summed E-state index contributed by atoms with van der Waals surface area (Å²) >= 11 is 0. The van der Waals surface area contributed by atoms with Crippen LogP contribution in [0, 0.1) is 11.8 Å². The number of rotatable bonds is 3. The Bertz CT molecular complexity index is 927. The monoisotopic (exact) mass is 384 g/mol. The average molecular weight is 384 g/mol. The molecule has 0 aromatic heterocycles. The lowest BCUT2D eigenvalue weighted by Crippen LogP contribution is -2.14. The second-order valence-corrected chi connectivity index (χ2v) is 7.41. The van der Waals surface area contributed by atoms with E-state index in [1.807, 2.05) is 24.3 Å². The number of hydrogen-bond acceptors (Lipinski definition) is 7. The lowest BCUT2D eigenvalue weighted by Gasteiger charge is -2.18.